The normalized spacial score (nSPS) is 10.6. The molecule has 94 valence electrons. The maximum Gasteiger partial charge on any atom is 0.333 e. The van der Waals surface area contributed by atoms with Gasteiger partial charge in [0.25, 0.3) is 5.91 Å². The molecule has 0 aliphatic heterocycles. The zero-order valence-electron chi connectivity index (χ0n) is 10.3. The monoisotopic (exact) mass is 246 g/mol. The molecule has 0 unspecified atom stereocenters. The predicted molar refractivity (Wildman–Crippen MR) is 69.2 cm³/mol. The van der Waals surface area contributed by atoms with Crippen LogP contribution in [0.2, 0.25) is 0 Å². The third-order valence-electron chi connectivity index (χ3n) is 2.53. The topological polar surface area (TPSA) is 64.1 Å². The Balaban J connectivity index is 2.68. The zero-order valence-corrected chi connectivity index (χ0v) is 10.3. The van der Waals surface area contributed by atoms with Gasteiger partial charge in [-0.1, -0.05) is 6.58 Å². The number of rotatable bonds is 3. The number of carbonyl (C=O) groups excluding carboxylic acids is 1. The number of carbonyl (C=O) groups is 1. The molecular formula is C13H14N2O3. The van der Waals surface area contributed by atoms with Crippen molar-refractivity contribution in [2.24, 2.45) is 0 Å². The second-order valence-electron chi connectivity index (χ2n) is 3.96. The molecule has 0 fully saturated rings. The van der Waals surface area contributed by atoms with E-state index in [9.17, 15) is 9.59 Å². The van der Waals surface area contributed by atoms with E-state index < -0.39 is 11.6 Å². The van der Waals surface area contributed by atoms with Crippen LogP contribution in [-0.2, 0) is 0 Å². The van der Waals surface area contributed by atoms with Gasteiger partial charge in [0.05, 0.1) is 17.6 Å². The Morgan fingerprint density at radius 2 is 2.22 bits per heavy atom. The fraction of sp³-hybridized carbons (Fsp3) is 0.231. The Hall–Kier alpha value is -2.30. The first kappa shape index (κ1) is 12.2. The molecule has 0 saturated heterocycles. The van der Waals surface area contributed by atoms with Crippen LogP contribution in [0, 0.1) is 0 Å². The van der Waals surface area contributed by atoms with Crippen molar-refractivity contribution in [2.45, 2.75) is 13.8 Å². The van der Waals surface area contributed by atoms with Crippen LogP contribution < -0.4 is 10.4 Å². The maximum atomic E-state index is 11.9. The number of nitrogens with one attached hydrogen (secondary N) is 1. The number of aromatic nitrogens is 2. The minimum atomic E-state index is -0.466. The van der Waals surface area contributed by atoms with Gasteiger partial charge >= 0.3 is 5.69 Å². The quantitative estimate of drug-likeness (QED) is 0.842. The number of fused-ring (bicyclic) bond motifs is 1. The van der Waals surface area contributed by atoms with Crippen molar-refractivity contribution in [3.63, 3.8) is 0 Å². The average Bonchev–Trinajstić information content (AvgIpc) is 2.64. The second kappa shape index (κ2) is 4.52. The van der Waals surface area contributed by atoms with Gasteiger partial charge in [0.15, 0.2) is 0 Å². The van der Waals surface area contributed by atoms with E-state index in [1.54, 1.807) is 25.1 Å². The van der Waals surface area contributed by atoms with Gasteiger partial charge in [-0.3, -0.25) is 4.79 Å². The molecule has 5 heteroatoms. The van der Waals surface area contributed by atoms with E-state index in [0.717, 1.165) is 4.57 Å². The van der Waals surface area contributed by atoms with Crippen molar-refractivity contribution < 1.29 is 9.53 Å². The number of hydrogen-bond acceptors (Lipinski definition) is 3. The molecule has 1 heterocycles. The summed E-state index contributed by atoms with van der Waals surface area (Å²) in [6.07, 6.45) is 0. The van der Waals surface area contributed by atoms with Gasteiger partial charge < -0.3 is 9.72 Å². The minimum Gasteiger partial charge on any atom is -0.494 e. The fourth-order valence-corrected chi connectivity index (χ4v) is 1.73. The molecule has 1 N–H and O–H groups in total. The summed E-state index contributed by atoms with van der Waals surface area (Å²) in [7, 11) is 0. The van der Waals surface area contributed by atoms with Gasteiger partial charge in [0, 0.05) is 11.6 Å². The van der Waals surface area contributed by atoms with Gasteiger partial charge in [-0.2, -0.15) is 0 Å². The lowest BCUT2D eigenvalue weighted by atomic mass is 10.2. The summed E-state index contributed by atoms with van der Waals surface area (Å²) >= 11 is 0. The predicted octanol–water partition coefficient (Wildman–Crippen LogP) is 1.94. The van der Waals surface area contributed by atoms with E-state index in [1.807, 2.05) is 6.92 Å². The van der Waals surface area contributed by atoms with E-state index in [-0.39, 0.29) is 0 Å². The molecule has 0 radical (unpaired) electrons. The Bertz CT molecular complexity index is 679. The van der Waals surface area contributed by atoms with Gasteiger partial charge in [-0.15, -0.1) is 0 Å². The summed E-state index contributed by atoms with van der Waals surface area (Å²) in [5.74, 6) is 0.201. The molecule has 0 spiro atoms. The zero-order chi connectivity index (χ0) is 13.3. The van der Waals surface area contributed by atoms with Crippen LogP contribution in [0.25, 0.3) is 11.0 Å². The molecule has 5 nitrogen and oxygen atoms in total. The lowest BCUT2D eigenvalue weighted by Gasteiger charge is -2.04. The first-order valence-electron chi connectivity index (χ1n) is 5.62. The van der Waals surface area contributed by atoms with Gasteiger partial charge in [-0.05, 0) is 26.0 Å². The third kappa shape index (κ3) is 1.95. The lowest BCUT2D eigenvalue weighted by molar-refractivity contribution is 0.0956. The molecule has 1 aromatic heterocycles. The molecule has 0 bridgehead atoms. The van der Waals surface area contributed by atoms with Crippen LogP contribution >= 0.6 is 0 Å². The number of nitrogens with zero attached hydrogens (tertiary/aromatic N) is 1. The number of ether oxygens (including phenoxy) is 1. The first-order chi connectivity index (χ1) is 8.54. The number of imidazole rings is 1. The van der Waals surface area contributed by atoms with Gasteiger partial charge in [0.1, 0.15) is 5.75 Å². The van der Waals surface area contributed by atoms with Gasteiger partial charge in [0.2, 0.25) is 0 Å². The number of H-pyrrole nitrogens is 1. The van der Waals surface area contributed by atoms with E-state index in [2.05, 4.69) is 11.6 Å². The summed E-state index contributed by atoms with van der Waals surface area (Å²) < 4.78 is 6.43. The highest BCUT2D eigenvalue weighted by molar-refractivity contribution is 6.00. The highest BCUT2D eigenvalue weighted by atomic mass is 16.5. The van der Waals surface area contributed by atoms with E-state index in [4.69, 9.17) is 4.74 Å². The molecule has 1 aromatic carbocycles. The largest absolute Gasteiger partial charge is 0.494 e. The van der Waals surface area contributed by atoms with E-state index in [0.29, 0.717) is 29.0 Å². The van der Waals surface area contributed by atoms with Crippen LogP contribution in [0.4, 0.5) is 0 Å². The Kier molecular flexibility index (Phi) is 3.06. The van der Waals surface area contributed by atoms with Crippen LogP contribution in [-0.4, -0.2) is 22.1 Å². The van der Waals surface area contributed by atoms with Crippen molar-refractivity contribution in [1.29, 1.82) is 0 Å². The van der Waals surface area contributed by atoms with E-state index in [1.165, 1.54) is 0 Å². The molecule has 18 heavy (non-hydrogen) atoms. The molecule has 0 aliphatic carbocycles. The SMILES string of the molecule is C=C(C)C(=O)n1c(=O)[nH]c2ccc(OCC)cc21. The van der Waals surface area contributed by atoms with Crippen LogP contribution in [0.3, 0.4) is 0 Å². The summed E-state index contributed by atoms with van der Waals surface area (Å²) in [5, 5.41) is 0. The fourth-order valence-electron chi connectivity index (χ4n) is 1.73. The second-order valence-corrected chi connectivity index (χ2v) is 3.96. The summed E-state index contributed by atoms with van der Waals surface area (Å²) in [4.78, 5) is 26.3. The molecule has 0 aliphatic rings. The average molecular weight is 246 g/mol. The number of hydrogen-bond donors (Lipinski definition) is 1. The summed E-state index contributed by atoms with van der Waals surface area (Å²) in [6.45, 7) is 7.52. The summed E-state index contributed by atoms with van der Waals surface area (Å²) in [5.41, 5.74) is 0.934. The molecular weight excluding hydrogens is 232 g/mol. The Labute approximate surface area is 104 Å². The van der Waals surface area contributed by atoms with Crippen molar-refractivity contribution >= 4 is 16.9 Å². The highest BCUT2D eigenvalue weighted by Gasteiger charge is 2.14. The van der Waals surface area contributed by atoms with Crippen molar-refractivity contribution in [3.8, 4) is 5.75 Å². The highest BCUT2D eigenvalue weighted by Crippen LogP contribution is 2.19. The van der Waals surface area contributed by atoms with E-state index >= 15 is 0 Å². The molecule has 0 atom stereocenters. The van der Waals surface area contributed by atoms with Crippen LogP contribution in [0.1, 0.15) is 18.6 Å². The Morgan fingerprint density at radius 3 is 2.83 bits per heavy atom. The van der Waals surface area contributed by atoms with Crippen LogP contribution in [0.5, 0.6) is 5.75 Å². The van der Waals surface area contributed by atoms with Gasteiger partial charge in [-0.25, -0.2) is 9.36 Å². The summed E-state index contributed by atoms with van der Waals surface area (Å²) in [6, 6.07) is 5.12. The number of allylic oxidation sites excluding steroid dienone is 1. The molecule has 2 rings (SSSR count). The minimum absolute atomic E-state index is 0.305. The third-order valence-corrected chi connectivity index (χ3v) is 2.53. The first-order valence-corrected chi connectivity index (χ1v) is 5.62. The Morgan fingerprint density at radius 1 is 1.50 bits per heavy atom. The van der Waals surface area contributed by atoms with Crippen molar-refractivity contribution in [1.82, 2.24) is 9.55 Å². The number of aromatic amines is 1. The van der Waals surface area contributed by atoms with Crippen molar-refractivity contribution in [3.05, 3.63) is 40.8 Å². The smallest absolute Gasteiger partial charge is 0.333 e. The molecule has 0 saturated carbocycles. The maximum absolute atomic E-state index is 11.9. The molecule has 0 amide bonds. The van der Waals surface area contributed by atoms with Crippen LogP contribution in [0.15, 0.2) is 35.1 Å². The lowest BCUT2D eigenvalue weighted by Crippen LogP contribution is -2.24. The molecule has 2 aromatic rings. The standard InChI is InChI=1S/C13H14N2O3/c1-4-18-9-5-6-10-11(7-9)15(13(17)14-10)12(16)8(2)3/h5-7H,2,4H2,1,3H3,(H,14,17). The van der Waals surface area contributed by atoms with Crippen molar-refractivity contribution in [2.75, 3.05) is 6.61 Å². The number of benzene rings is 1.